The minimum Gasteiger partial charge on any atom is -0.489 e. The van der Waals surface area contributed by atoms with Crippen molar-refractivity contribution in [1.82, 2.24) is 34.7 Å². The average molecular weight is 528 g/mol. The lowest BCUT2D eigenvalue weighted by Crippen LogP contribution is -2.47. The molecule has 39 heavy (non-hydrogen) atoms. The molecule has 1 aliphatic carbocycles. The Labute approximate surface area is 225 Å². The number of carbonyl (C=O) groups excluding carboxylic acids is 1. The zero-order valence-electron chi connectivity index (χ0n) is 21.8. The predicted octanol–water partition coefficient (Wildman–Crippen LogP) is 3.06. The van der Waals surface area contributed by atoms with Crippen molar-refractivity contribution in [3.05, 3.63) is 54.4 Å². The fourth-order valence-corrected chi connectivity index (χ4v) is 5.22. The molecule has 2 aliphatic heterocycles. The molecule has 2 atom stereocenters. The van der Waals surface area contributed by atoms with Gasteiger partial charge in [0.15, 0.2) is 11.6 Å². The number of para-hydroxylation sites is 1. The third-order valence-corrected chi connectivity index (χ3v) is 7.47. The lowest BCUT2D eigenvalue weighted by molar-refractivity contribution is 0.0343. The Hall–Kier alpha value is -4.32. The number of nitrogens with one attached hydrogen (secondary N) is 1. The Bertz CT molecular complexity index is 1540. The molecule has 0 unspecified atom stereocenters. The van der Waals surface area contributed by atoms with E-state index in [1.165, 1.54) is 12.8 Å². The van der Waals surface area contributed by atoms with Crippen LogP contribution in [0.5, 0.6) is 5.75 Å². The first-order chi connectivity index (χ1) is 19.0. The molecule has 1 saturated heterocycles. The predicted molar refractivity (Wildman–Crippen MR) is 142 cm³/mol. The summed E-state index contributed by atoms with van der Waals surface area (Å²) in [7, 11) is 0. The summed E-state index contributed by atoms with van der Waals surface area (Å²) in [5.74, 6) is 1.32. The van der Waals surface area contributed by atoms with E-state index in [0.29, 0.717) is 48.6 Å². The van der Waals surface area contributed by atoms with E-state index in [2.05, 4.69) is 55.8 Å². The van der Waals surface area contributed by atoms with Crippen LogP contribution in [0, 0.1) is 0 Å². The number of rotatable bonds is 5. The lowest BCUT2D eigenvalue weighted by atomic mass is 10.1. The van der Waals surface area contributed by atoms with Crippen LogP contribution in [0.15, 0.2) is 43.0 Å². The smallest absolute Gasteiger partial charge is 0.274 e. The van der Waals surface area contributed by atoms with Crippen molar-refractivity contribution in [2.24, 2.45) is 0 Å². The number of nitrogens with zero attached hydrogens (tertiary/aromatic N) is 8. The zero-order chi connectivity index (χ0) is 26.5. The van der Waals surface area contributed by atoms with E-state index < -0.39 is 0 Å². The summed E-state index contributed by atoms with van der Waals surface area (Å²) in [6.07, 6.45) is 8.12. The summed E-state index contributed by atoms with van der Waals surface area (Å²) < 4.78 is 15.6. The normalized spacial score (nSPS) is 20.5. The number of fused-ring (bicyclic) bond motifs is 3. The van der Waals surface area contributed by atoms with Gasteiger partial charge in [-0.3, -0.25) is 4.79 Å². The molecule has 12 heteroatoms. The Kier molecular flexibility index (Phi) is 5.76. The molecule has 7 rings (SSSR count). The topological polar surface area (TPSA) is 125 Å². The average Bonchev–Trinajstić information content (AvgIpc) is 3.55. The van der Waals surface area contributed by atoms with Gasteiger partial charge in [-0.1, -0.05) is 6.07 Å². The van der Waals surface area contributed by atoms with E-state index in [0.717, 1.165) is 29.2 Å². The Morgan fingerprint density at radius 2 is 2.05 bits per heavy atom. The Balaban J connectivity index is 1.24. The number of ether oxygens (including phenoxy) is 2. The van der Waals surface area contributed by atoms with Gasteiger partial charge in [0.05, 0.1) is 60.1 Å². The summed E-state index contributed by atoms with van der Waals surface area (Å²) >= 11 is 0. The number of pyridine rings is 1. The molecule has 12 nitrogen and oxygen atoms in total. The first-order valence-electron chi connectivity index (χ1n) is 13.3. The fourth-order valence-electron chi connectivity index (χ4n) is 5.22. The van der Waals surface area contributed by atoms with Crippen molar-refractivity contribution in [3.8, 4) is 22.8 Å². The maximum absolute atomic E-state index is 13.6. The van der Waals surface area contributed by atoms with Crippen LogP contribution in [-0.2, 0) is 11.3 Å². The van der Waals surface area contributed by atoms with Gasteiger partial charge in [-0.25, -0.2) is 14.6 Å². The lowest BCUT2D eigenvalue weighted by Gasteiger charge is -2.39. The quantitative estimate of drug-likeness (QED) is 0.417. The van der Waals surface area contributed by atoms with Gasteiger partial charge in [0.25, 0.3) is 5.91 Å². The molecule has 0 bridgehead atoms. The molecule has 5 heterocycles. The van der Waals surface area contributed by atoms with Crippen molar-refractivity contribution in [1.29, 1.82) is 0 Å². The van der Waals surface area contributed by atoms with Crippen molar-refractivity contribution >= 4 is 17.3 Å². The third kappa shape index (κ3) is 4.40. The van der Waals surface area contributed by atoms with Crippen LogP contribution < -0.4 is 15.0 Å². The highest BCUT2D eigenvalue weighted by molar-refractivity contribution is 6.05. The highest BCUT2D eigenvalue weighted by Gasteiger charge is 2.29. The van der Waals surface area contributed by atoms with Crippen molar-refractivity contribution in [2.75, 3.05) is 30.0 Å². The van der Waals surface area contributed by atoms with E-state index in [4.69, 9.17) is 9.47 Å². The van der Waals surface area contributed by atoms with Gasteiger partial charge in [0.2, 0.25) is 0 Å². The summed E-state index contributed by atoms with van der Waals surface area (Å²) in [6.45, 7) is 6.47. The summed E-state index contributed by atoms with van der Waals surface area (Å²) in [5, 5.41) is 15.0. The SMILES string of the molecule is C[C@H]1CN(c2cnc(C(=O)Nc3cccc4c3OCCn3nnnc3-4)cc2-n2cnc(C3CC3)c2)[C@@H](C)CO1. The largest absolute Gasteiger partial charge is 0.489 e. The minimum atomic E-state index is -0.338. The summed E-state index contributed by atoms with van der Waals surface area (Å²) in [4.78, 5) is 25.1. The van der Waals surface area contributed by atoms with Crippen LogP contribution in [0.1, 0.15) is 48.8 Å². The highest BCUT2D eigenvalue weighted by Crippen LogP contribution is 2.40. The molecule has 200 valence electrons. The summed E-state index contributed by atoms with van der Waals surface area (Å²) in [6, 6.07) is 7.53. The van der Waals surface area contributed by atoms with E-state index >= 15 is 0 Å². The maximum atomic E-state index is 13.6. The number of benzene rings is 1. The van der Waals surface area contributed by atoms with Crippen LogP contribution in [0.4, 0.5) is 11.4 Å². The third-order valence-electron chi connectivity index (χ3n) is 7.47. The summed E-state index contributed by atoms with van der Waals surface area (Å²) in [5.41, 5.74) is 4.44. The second kappa shape index (κ2) is 9.45. The number of morpholine rings is 1. The van der Waals surface area contributed by atoms with Gasteiger partial charge >= 0.3 is 0 Å². The van der Waals surface area contributed by atoms with Gasteiger partial charge in [0, 0.05) is 24.7 Å². The number of imidazole rings is 1. The maximum Gasteiger partial charge on any atom is 0.274 e. The van der Waals surface area contributed by atoms with E-state index in [1.54, 1.807) is 16.9 Å². The Morgan fingerprint density at radius 1 is 1.15 bits per heavy atom. The van der Waals surface area contributed by atoms with Crippen molar-refractivity contribution in [3.63, 3.8) is 0 Å². The molecule has 4 aromatic rings. The van der Waals surface area contributed by atoms with Crippen molar-refractivity contribution < 1.29 is 14.3 Å². The molecular formula is C27H29N9O3. The molecule has 1 N–H and O–H groups in total. The van der Waals surface area contributed by atoms with Crippen LogP contribution in [-0.4, -0.2) is 72.6 Å². The molecular weight excluding hydrogens is 498 g/mol. The molecule has 1 amide bonds. The van der Waals surface area contributed by atoms with Crippen LogP contribution in [0.25, 0.3) is 17.1 Å². The molecule has 0 radical (unpaired) electrons. The minimum absolute atomic E-state index is 0.0937. The van der Waals surface area contributed by atoms with Gasteiger partial charge in [-0.2, -0.15) is 0 Å². The van der Waals surface area contributed by atoms with Gasteiger partial charge < -0.3 is 24.3 Å². The van der Waals surface area contributed by atoms with E-state index in [-0.39, 0.29) is 18.1 Å². The number of aromatic nitrogens is 7. The molecule has 0 spiro atoms. The molecule has 3 aliphatic rings. The second-order valence-corrected chi connectivity index (χ2v) is 10.4. The monoisotopic (exact) mass is 527 g/mol. The first kappa shape index (κ1) is 23.8. The number of carbonyl (C=O) groups is 1. The van der Waals surface area contributed by atoms with E-state index in [1.807, 2.05) is 29.1 Å². The van der Waals surface area contributed by atoms with Crippen LogP contribution in [0.3, 0.4) is 0 Å². The molecule has 2 fully saturated rings. The van der Waals surface area contributed by atoms with Crippen LogP contribution in [0.2, 0.25) is 0 Å². The first-order valence-corrected chi connectivity index (χ1v) is 13.3. The molecule has 1 aromatic carbocycles. The number of tetrazole rings is 1. The Morgan fingerprint density at radius 3 is 2.92 bits per heavy atom. The molecule has 3 aromatic heterocycles. The number of amides is 1. The standard InChI is InChI=1S/C27H29N9O3/c1-16-14-39-17(2)12-35(16)24-11-28-21(10-23(24)34-13-22(29-15-34)18-6-7-18)27(37)30-20-5-3-4-19-25(20)38-9-8-36-26(19)31-32-33-36/h3-5,10-11,13,15-18H,6-9,12,14H2,1-2H3,(H,30,37)/t16-,17-/m0/s1. The van der Waals surface area contributed by atoms with Gasteiger partial charge in [-0.05, 0) is 55.3 Å². The molecule has 1 saturated carbocycles. The van der Waals surface area contributed by atoms with Gasteiger partial charge in [-0.15, -0.1) is 5.10 Å². The van der Waals surface area contributed by atoms with Crippen molar-refractivity contribution in [2.45, 2.75) is 51.3 Å². The number of hydrogen-bond donors (Lipinski definition) is 1. The second-order valence-electron chi connectivity index (χ2n) is 10.4. The van der Waals surface area contributed by atoms with E-state index in [9.17, 15) is 4.79 Å². The number of hydrogen-bond acceptors (Lipinski definition) is 9. The van der Waals surface area contributed by atoms with Crippen LogP contribution >= 0.6 is 0 Å². The highest BCUT2D eigenvalue weighted by atomic mass is 16.5. The van der Waals surface area contributed by atoms with Gasteiger partial charge in [0.1, 0.15) is 12.3 Å². The fraction of sp³-hybridized carbons (Fsp3) is 0.407. The zero-order valence-corrected chi connectivity index (χ0v) is 21.8. The number of anilines is 2.